The number of nitrogens with one attached hydrogen (secondary N) is 2. The fourth-order valence-electron chi connectivity index (χ4n) is 3.21. The Hall–Kier alpha value is -2.16. The fourth-order valence-corrected chi connectivity index (χ4v) is 5.92. The molecule has 0 amide bonds. The Morgan fingerprint density at radius 1 is 1.27 bits per heavy atom. The third-order valence-corrected chi connectivity index (χ3v) is 7.99. The Bertz CT molecular complexity index is 1170. The zero-order valence-corrected chi connectivity index (χ0v) is 19.2. The van der Waals surface area contributed by atoms with Gasteiger partial charge in [0.05, 0.1) is 32.0 Å². The summed E-state index contributed by atoms with van der Waals surface area (Å²) < 4.78 is 27.1. The highest BCUT2D eigenvalue weighted by Gasteiger charge is 2.30. The van der Waals surface area contributed by atoms with E-state index in [0.29, 0.717) is 28.6 Å². The molecule has 0 radical (unpaired) electrons. The van der Waals surface area contributed by atoms with Crippen LogP contribution in [0.2, 0.25) is 5.02 Å². The fraction of sp³-hybridized carbons (Fsp3) is 0.333. The average Bonchev–Trinajstić information content (AvgIpc) is 3.48. The third-order valence-electron chi connectivity index (χ3n) is 4.84. The lowest BCUT2D eigenvalue weighted by Crippen LogP contribution is -2.16. The van der Waals surface area contributed by atoms with Crippen LogP contribution in [0.5, 0.6) is 0 Å². The maximum Gasteiger partial charge on any atom is 0.232 e. The normalized spacial score (nSPS) is 14.0. The van der Waals surface area contributed by atoms with Crippen LogP contribution in [0.25, 0.3) is 21.7 Å². The van der Waals surface area contributed by atoms with Gasteiger partial charge in [-0.1, -0.05) is 30.7 Å². The van der Waals surface area contributed by atoms with Crippen LogP contribution in [0.1, 0.15) is 37.1 Å². The summed E-state index contributed by atoms with van der Waals surface area (Å²) in [4.78, 5) is 10.2. The summed E-state index contributed by atoms with van der Waals surface area (Å²) in [6.45, 7) is 1.83. The van der Waals surface area contributed by atoms with Crippen molar-refractivity contribution in [3.63, 3.8) is 0 Å². The topological polar surface area (TPSA) is 84.0 Å². The summed E-state index contributed by atoms with van der Waals surface area (Å²) in [5.41, 5.74) is 2.87. The van der Waals surface area contributed by atoms with E-state index < -0.39 is 10.0 Å². The lowest BCUT2D eigenvalue weighted by molar-refractivity contribution is 0.600. The number of nitrogens with zero attached hydrogens (tertiary/aromatic N) is 2. The molecule has 4 rings (SSSR count). The number of rotatable bonds is 8. The Labute approximate surface area is 185 Å². The van der Waals surface area contributed by atoms with Crippen LogP contribution in [-0.2, 0) is 10.0 Å². The van der Waals surface area contributed by atoms with Crippen molar-refractivity contribution in [2.45, 2.75) is 32.1 Å². The zero-order chi connectivity index (χ0) is 21.3. The predicted molar refractivity (Wildman–Crippen MR) is 125 cm³/mol. The molecule has 1 aromatic carbocycles. The SMILES string of the molecule is CCCS(=O)(=O)Nc1cccc(-c2nc(C3CC3)sc2-c2ccnc(NC)c2)c1Cl. The van der Waals surface area contributed by atoms with E-state index >= 15 is 0 Å². The van der Waals surface area contributed by atoms with Gasteiger partial charge in [0.1, 0.15) is 5.82 Å². The van der Waals surface area contributed by atoms with Crippen LogP contribution >= 0.6 is 22.9 Å². The van der Waals surface area contributed by atoms with Crippen molar-refractivity contribution in [2.24, 2.45) is 0 Å². The highest BCUT2D eigenvalue weighted by molar-refractivity contribution is 7.92. The lowest BCUT2D eigenvalue weighted by atomic mass is 10.1. The molecule has 2 N–H and O–H groups in total. The minimum Gasteiger partial charge on any atom is -0.373 e. The van der Waals surface area contributed by atoms with E-state index in [9.17, 15) is 8.42 Å². The number of anilines is 2. The standard InChI is InChI=1S/C21H23ClN4O2S2/c1-3-11-30(27,28)26-16-6-4-5-15(18(16)22)19-20(29-21(25-19)13-7-8-13)14-9-10-24-17(12-14)23-2/h4-6,9-10,12-13,26H,3,7-8,11H2,1-2H3,(H,23,24). The van der Waals surface area contributed by atoms with Crippen molar-refractivity contribution < 1.29 is 8.42 Å². The Morgan fingerprint density at radius 3 is 2.77 bits per heavy atom. The summed E-state index contributed by atoms with van der Waals surface area (Å²) in [6, 6.07) is 9.30. The van der Waals surface area contributed by atoms with Crippen molar-refractivity contribution in [3.8, 4) is 21.7 Å². The molecule has 2 aromatic heterocycles. The van der Waals surface area contributed by atoms with Crippen molar-refractivity contribution >= 4 is 44.5 Å². The number of thiazole rings is 1. The first kappa shape index (κ1) is 21.1. The van der Waals surface area contributed by atoms with E-state index in [1.165, 1.54) is 0 Å². The maximum absolute atomic E-state index is 12.3. The lowest BCUT2D eigenvalue weighted by Gasteiger charge is -2.12. The van der Waals surface area contributed by atoms with Crippen LogP contribution in [0.3, 0.4) is 0 Å². The van der Waals surface area contributed by atoms with Gasteiger partial charge in [0.2, 0.25) is 10.0 Å². The van der Waals surface area contributed by atoms with E-state index in [-0.39, 0.29) is 5.75 Å². The van der Waals surface area contributed by atoms with Crippen molar-refractivity contribution in [1.82, 2.24) is 9.97 Å². The third kappa shape index (κ3) is 4.45. The maximum atomic E-state index is 12.3. The van der Waals surface area contributed by atoms with Crippen molar-refractivity contribution in [1.29, 1.82) is 0 Å². The highest BCUT2D eigenvalue weighted by atomic mass is 35.5. The Kier molecular flexibility index (Phi) is 5.99. The summed E-state index contributed by atoms with van der Waals surface area (Å²) in [5.74, 6) is 1.32. The van der Waals surface area contributed by atoms with Gasteiger partial charge in [-0.3, -0.25) is 4.72 Å². The Balaban J connectivity index is 1.81. The average molecular weight is 463 g/mol. The van der Waals surface area contributed by atoms with Gasteiger partial charge in [0.15, 0.2) is 0 Å². The summed E-state index contributed by atoms with van der Waals surface area (Å²) >= 11 is 8.35. The number of sulfonamides is 1. The molecule has 0 atom stereocenters. The van der Waals surface area contributed by atoms with Gasteiger partial charge in [-0.2, -0.15) is 0 Å². The molecule has 1 aliphatic rings. The van der Waals surface area contributed by atoms with Crippen LogP contribution in [0.15, 0.2) is 36.5 Å². The largest absolute Gasteiger partial charge is 0.373 e. The number of pyridine rings is 1. The second-order valence-corrected chi connectivity index (χ2v) is 10.5. The molecule has 30 heavy (non-hydrogen) atoms. The minimum atomic E-state index is -3.44. The summed E-state index contributed by atoms with van der Waals surface area (Å²) in [6.07, 6.45) is 4.59. The molecular formula is C21H23ClN4O2S2. The van der Waals surface area contributed by atoms with Crippen molar-refractivity contribution in [3.05, 3.63) is 46.6 Å². The number of benzene rings is 1. The molecule has 9 heteroatoms. The minimum absolute atomic E-state index is 0.0468. The van der Waals surface area contributed by atoms with Gasteiger partial charge in [-0.15, -0.1) is 11.3 Å². The molecule has 6 nitrogen and oxygen atoms in total. The monoisotopic (exact) mass is 462 g/mol. The number of hydrogen-bond donors (Lipinski definition) is 2. The quantitative estimate of drug-likeness (QED) is 0.455. The molecular weight excluding hydrogens is 440 g/mol. The van der Waals surface area contributed by atoms with Crippen LogP contribution in [0, 0.1) is 0 Å². The zero-order valence-electron chi connectivity index (χ0n) is 16.8. The first-order valence-electron chi connectivity index (χ1n) is 9.86. The second kappa shape index (κ2) is 8.53. The number of hydrogen-bond acceptors (Lipinski definition) is 6. The highest BCUT2D eigenvalue weighted by Crippen LogP contribution is 2.48. The second-order valence-electron chi connectivity index (χ2n) is 7.27. The van der Waals surface area contributed by atoms with E-state index in [4.69, 9.17) is 16.6 Å². The molecule has 0 spiro atoms. The molecule has 0 aliphatic heterocycles. The molecule has 0 unspecified atom stereocenters. The summed E-state index contributed by atoms with van der Waals surface area (Å²) in [5, 5.41) is 4.52. The number of aromatic nitrogens is 2. The van der Waals surface area contributed by atoms with E-state index in [1.54, 1.807) is 29.7 Å². The molecule has 2 heterocycles. The van der Waals surface area contributed by atoms with E-state index in [1.807, 2.05) is 32.2 Å². The van der Waals surface area contributed by atoms with Gasteiger partial charge in [0, 0.05) is 24.7 Å². The molecule has 3 aromatic rings. The van der Waals surface area contributed by atoms with E-state index in [0.717, 1.165) is 39.8 Å². The van der Waals surface area contributed by atoms with Crippen LogP contribution in [-0.4, -0.2) is 31.2 Å². The Morgan fingerprint density at radius 2 is 2.07 bits per heavy atom. The van der Waals surface area contributed by atoms with Gasteiger partial charge < -0.3 is 5.32 Å². The van der Waals surface area contributed by atoms with Gasteiger partial charge in [-0.25, -0.2) is 18.4 Å². The van der Waals surface area contributed by atoms with Crippen LogP contribution < -0.4 is 10.0 Å². The van der Waals surface area contributed by atoms with Gasteiger partial charge >= 0.3 is 0 Å². The molecule has 1 saturated carbocycles. The molecule has 158 valence electrons. The molecule has 0 bridgehead atoms. The summed E-state index contributed by atoms with van der Waals surface area (Å²) in [7, 11) is -1.61. The van der Waals surface area contributed by atoms with Gasteiger partial charge in [-0.05, 0) is 43.0 Å². The van der Waals surface area contributed by atoms with Gasteiger partial charge in [0.25, 0.3) is 0 Å². The van der Waals surface area contributed by atoms with Crippen molar-refractivity contribution in [2.75, 3.05) is 22.8 Å². The van der Waals surface area contributed by atoms with Crippen LogP contribution in [0.4, 0.5) is 11.5 Å². The number of halogens is 1. The van der Waals surface area contributed by atoms with E-state index in [2.05, 4.69) is 15.0 Å². The molecule has 0 saturated heterocycles. The smallest absolute Gasteiger partial charge is 0.232 e. The first-order valence-corrected chi connectivity index (χ1v) is 12.7. The first-order chi connectivity index (χ1) is 14.4. The molecule has 1 fully saturated rings. The molecule has 1 aliphatic carbocycles. The predicted octanol–water partition coefficient (Wildman–Crippen LogP) is 5.60.